The first-order valence-electron chi connectivity index (χ1n) is 5.54. The topological polar surface area (TPSA) is 35.5 Å². The normalized spacial score (nSPS) is 24.9. The predicted octanol–water partition coefficient (Wildman–Crippen LogP) is 1.90. The number of carbonyl (C=O) groups excluding carboxylic acids is 1. The summed E-state index contributed by atoms with van der Waals surface area (Å²) in [5.74, 6) is 0.252. The third-order valence-corrected chi connectivity index (χ3v) is 3.12. The second-order valence-corrected chi connectivity index (χ2v) is 4.32. The number of hydrogen-bond donors (Lipinski definition) is 0. The third kappa shape index (κ3) is 2.27. The summed E-state index contributed by atoms with van der Waals surface area (Å²) in [6.45, 7) is 0. The van der Waals surface area contributed by atoms with E-state index in [1.54, 1.807) is 0 Å². The zero-order chi connectivity index (χ0) is 9.97. The standard InChI is InChI=1S/C11H18O3/c1-13-11(12)10(8-6-7-8)14-9-4-2-3-5-9/h8-10H,2-7H2,1H3. The molecular weight excluding hydrogens is 180 g/mol. The van der Waals surface area contributed by atoms with Crippen molar-refractivity contribution in [3.8, 4) is 0 Å². The lowest BCUT2D eigenvalue weighted by Crippen LogP contribution is -2.31. The number of hydrogen-bond acceptors (Lipinski definition) is 3. The van der Waals surface area contributed by atoms with Gasteiger partial charge >= 0.3 is 5.97 Å². The molecule has 1 atom stereocenters. The molecule has 0 spiro atoms. The molecule has 2 saturated carbocycles. The maximum Gasteiger partial charge on any atom is 0.335 e. The van der Waals surface area contributed by atoms with Crippen molar-refractivity contribution >= 4 is 5.97 Å². The molecule has 0 bridgehead atoms. The molecule has 0 saturated heterocycles. The van der Waals surface area contributed by atoms with Gasteiger partial charge in [-0.05, 0) is 31.6 Å². The third-order valence-electron chi connectivity index (χ3n) is 3.12. The van der Waals surface area contributed by atoms with E-state index in [-0.39, 0.29) is 12.1 Å². The van der Waals surface area contributed by atoms with Gasteiger partial charge in [-0.3, -0.25) is 0 Å². The molecule has 0 aromatic carbocycles. The molecule has 3 nitrogen and oxygen atoms in total. The van der Waals surface area contributed by atoms with Crippen LogP contribution in [-0.4, -0.2) is 25.3 Å². The molecule has 1 unspecified atom stereocenters. The Bertz CT molecular complexity index is 205. The van der Waals surface area contributed by atoms with Crippen LogP contribution in [0.4, 0.5) is 0 Å². The van der Waals surface area contributed by atoms with Crippen LogP contribution in [0.2, 0.25) is 0 Å². The zero-order valence-electron chi connectivity index (χ0n) is 8.70. The first-order valence-corrected chi connectivity index (χ1v) is 5.54. The summed E-state index contributed by atoms with van der Waals surface area (Å²) in [6.07, 6.45) is 6.97. The van der Waals surface area contributed by atoms with E-state index in [2.05, 4.69) is 0 Å². The van der Waals surface area contributed by atoms with Gasteiger partial charge in [0, 0.05) is 0 Å². The highest BCUT2D eigenvalue weighted by Gasteiger charge is 2.39. The van der Waals surface area contributed by atoms with Crippen LogP contribution in [0.3, 0.4) is 0 Å². The summed E-state index contributed by atoms with van der Waals surface area (Å²) in [5, 5.41) is 0. The largest absolute Gasteiger partial charge is 0.467 e. The van der Waals surface area contributed by atoms with Crippen LogP contribution in [0.5, 0.6) is 0 Å². The Hall–Kier alpha value is -0.570. The number of methoxy groups -OCH3 is 1. The second kappa shape index (κ2) is 4.30. The predicted molar refractivity (Wildman–Crippen MR) is 51.9 cm³/mol. The SMILES string of the molecule is COC(=O)C(OC1CCCC1)C1CC1. The summed E-state index contributed by atoms with van der Waals surface area (Å²) in [6, 6.07) is 0. The van der Waals surface area contributed by atoms with Gasteiger partial charge in [0.1, 0.15) is 0 Å². The van der Waals surface area contributed by atoms with Gasteiger partial charge in [0.15, 0.2) is 6.10 Å². The smallest absolute Gasteiger partial charge is 0.335 e. The fourth-order valence-electron chi connectivity index (χ4n) is 2.11. The van der Waals surface area contributed by atoms with Crippen LogP contribution in [0.25, 0.3) is 0 Å². The monoisotopic (exact) mass is 198 g/mol. The van der Waals surface area contributed by atoms with Crippen molar-refractivity contribution in [2.45, 2.75) is 50.7 Å². The molecule has 0 amide bonds. The Balaban J connectivity index is 1.86. The van der Waals surface area contributed by atoms with Crippen LogP contribution in [0.15, 0.2) is 0 Å². The van der Waals surface area contributed by atoms with Crippen LogP contribution in [-0.2, 0) is 14.3 Å². The maximum atomic E-state index is 11.4. The summed E-state index contributed by atoms with van der Waals surface area (Å²) in [7, 11) is 1.44. The van der Waals surface area contributed by atoms with Crippen molar-refractivity contribution in [2.24, 2.45) is 5.92 Å². The highest BCUT2D eigenvalue weighted by molar-refractivity contribution is 5.75. The van der Waals surface area contributed by atoms with Gasteiger partial charge in [0.25, 0.3) is 0 Å². The van der Waals surface area contributed by atoms with E-state index in [4.69, 9.17) is 9.47 Å². The van der Waals surface area contributed by atoms with Crippen molar-refractivity contribution in [3.63, 3.8) is 0 Å². The van der Waals surface area contributed by atoms with Crippen molar-refractivity contribution in [2.75, 3.05) is 7.11 Å². The van der Waals surface area contributed by atoms with Crippen molar-refractivity contribution < 1.29 is 14.3 Å². The van der Waals surface area contributed by atoms with Gasteiger partial charge in [0.2, 0.25) is 0 Å². The molecule has 0 N–H and O–H groups in total. The van der Waals surface area contributed by atoms with Gasteiger partial charge in [-0.25, -0.2) is 4.79 Å². The van der Waals surface area contributed by atoms with Crippen molar-refractivity contribution in [3.05, 3.63) is 0 Å². The lowest BCUT2D eigenvalue weighted by molar-refractivity contribution is -0.159. The minimum Gasteiger partial charge on any atom is -0.467 e. The number of esters is 1. The fourth-order valence-corrected chi connectivity index (χ4v) is 2.11. The number of ether oxygens (including phenoxy) is 2. The Morgan fingerprint density at radius 2 is 1.86 bits per heavy atom. The quantitative estimate of drug-likeness (QED) is 0.647. The van der Waals surface area contributed by atoms with E-state index >= 15 is 0 Å². The van der Waals surface area contributed by atoms with Gasteiger partial charge in [-0.15, -0.1) is 0 Å². The Morgan fingerprint density at radius 1 is 1.21 bits per heavy atom. The Morgan fingerprint density at radius 3 is 2.36 bits per heavy atom. The summed E-state index contributed by atoms with van der Waals surface area (Å²) in [4.78, 5) is 11.4. The molecule has 0 aromatic heterocycles. The van der Waals surface area contributed by atoms with Crippen molar-refractivity contribution in [1.82, 2.24) is 0 Å². The molecule has 3 heteroatoms. The van der Waals surface area contributed by atoms with Gasteiger partial charge in [-0.2, -0.15) is 0 Å². The van der Waals surface area contributed by atoms with Crippen LogP contribution in [0.1, 0.15) is 38.5 Å². The number of rotatable bonds is 4. The molecule has 0 radical (unpaired) electrons. The molecule has 0 aliphatic heterocycles. The molecule has 2 aliphatic rings. The van der Waals surface area contributed by atoms with Crippen LogP contribution in [0, 0.1) is 5.92 Å². The van der Waals surface area contributed by atoms with Gasteiger partial charge < -0.3 is 9.47 Å². The van der Waals surface area contributed by atoms with Gasteiger partial charge in [-0.1, -0.05) is 12.8 Å². The maximum absolute atomic E-state index is 11.4. The molecule has 2 rings (SSSR count). The van der Waals surface area contributed by atoms with Crippen molar-refractivity contribution in [1.29, 1.82) is 0 Å². The minimum absolute atomic E-state index is 0.181. The first kappa shape index (κ1) is 9.97. The van der Waals surface area contributed by atoms with Gasteiger partial charge in [0.05, 0.1) is 13.2 Å². The van der Waals surface area contributed by atoms with E-state index in [1.807, 2.05) is 0 Å². The first-order chi connectivity index (χ1) is 6.81. The summed E-state index contributed by atoms with van der Waals surface area (Å²) >= 11 is 0. The van der Waals surface area contributed by atoms with E-state index < -0.39 is 0 Å². The molecule has 80 valence electrons. The molecule has 2 fully saturated rings. The minimum atomic E-state index is -0.275. The Labute approximate surface area is 84.8 Å². The lowest BCUT2D eigenvalue weighted by atomic mass is 10.2. The summed E-state index contributed by atoms with van der Waals surface area (Å²) in [5.41, 5.74) is 0. The number of carbonyl (C=O) groups is 1. The molecule has 2 aliphatic carbocycles. The fraction of sp³-hybridized carbons (Fsp3) is 0.909. The molecule has 0 heterocycles. The highest BCUT2D eigenvalue weighted by atomic mass is 16.6. The van der Waals surface area contributed by atoms with E-state index in [0.29, 0.717) is 12.0 Å². The second-order valence-electron chi connectivity index (χ2n) is 4.32. The van der Waals surface area contributed by atoms with E-state index in [0.717, 1.165) is 25.7 Å². The highest BCUT2D eigenvalue weighted by Crippen LogP contribution is 2.37. The van der Waals surface area contributed by atoms with E-state index in [9.17, 15) is 4.79 Å². The van der Waals surface area contributed by atoms with Crippen LogP contribution < -0.4 is 0 Å². The average Bonchev–Trinajstić information content (AvgIpc) is 2.92. The van der Waals surface area contributed by atoms with E-state index in [1.165, 1.54) is 20.0 Å². The average molecular weight is 198 g/mol. The molecule has 0 aromatic rings. The molecular formula is C11H18O3. The zero-order valence-corrected chi connectivity index (χ0v) is 8.70. The molecule has 14 heavy (non-hydrogen) atoms. The summed E-state index contributed by atoms with van der Waals surface area (Å²) < 4.78 is 10.6. The Kier molecular flexibility index (Phi) is 3.06. The lowest BCUT2D eigenvalue weighted by Gasteiger charge is -2.19. The van der Waals surface area contributed by atoms with Crippen LogP contribution >= 0.6 is 0 Å².